The summed E-state index contributed by atoms with van der Waals surface area (Å²) >= 11 is 5.94. The maximum atomic E-state index is 12.9. The minimum Gasteiger partial charge on any atom is -0.370 e. The summed E-state index contributed by atoms with van der Waals surface area (Å²) < 4.78 is 12.9. The van der Waals surface area contributed by atoms with E-state index in [1.165, 1.54) is 0 Å². The minimum atomic E-state index is -0.694. The van der Waals surface area contributed by atoms with Gasteiger partial charge >= 0.3 is 0 Å². The molecule has 4 heteroatoms. The van der Waals surface area contributed by atoms with E-state index in [0.29, 0.717) is 11.6 Å². The zero-order chi connectivity index (χ0) is 11.6. The van der Waals surface area contributed by atoms with Crippen LogP contribution in [0.3, 0.4) is 0 Å². The molecule has 1 aromatic carbocycles. The monoisotopic (exact) mass is 242 g/mol. The third kappa shape index (κ3) is 2.47. The van der Waals surface area contributed by atoms with Crippen molar-refractivity contribution >= 4 is 17.3 Å². The first kappa shape index (κ1) is 11.7. The molecule has 0 radical (unpaired) electrons. The molecule has 2 rings (SSSR count). The van der Waals surface area contributed by atoms with Gasteiger partial charge in [0.05, 0.1) is 5.54 Å². The molecule has 0 aliphatic carbocycles. The van der Waals surface area contributed by atoms with Crippen LogP contribution in [0.5, 0.6) is 0 Å². The maximum absolute atomic E-state index is 12.9. The van der Waals surface area contributed by atoms with Crippen molar-refractivity contribution in [3.63, 3.8) is 0 Å². The smallest absolute Gasteiger partial charge is 0.109 e. The van der Waals surface area contributed by atoms with Gasteiger partial charge in [0.15, 0.2) is 0 Å². The highest BCUT2D eigenvalue weighted by molar-refractivity contribution is 6.30. The van der Waals surface area contributed by atoms with Gasteiger partial charge in [0.2, 0.25) is 0 Å². The molecule has 0 amide bonds. The lowest BCUT2D eigenvalue weighted by Crippen LogP contribution is -2.56. The van der Waals surface area contributed by atoms with Crippen molar-refractivity contribution in [2.24, 2.45) is 5.73 Å². The molecule has 1 aromatic rings. The van der Waals surface area contributed by atoms with Gasteiger partial charge in [-0.15, -0.1) is 0 Å². The molecule has 2 N–H and O–H groups in total. The van der Waals surface area contributed by atoms with Crippen molar-refractivity contribution in [3.8, 4) is 0 Å². The summed E-state index contributed by atoms with van der Waals surface area (Å²) in [4.78, 5) is 2.11. The number of piperidine rings is 1. The van der Waals surface area contributed by atoms with Crippen LogP contribution >= 0.6 is 11.6 Å². The molecule has 0 saturated carbocycles. The second-order valence-electron chi connectivity index (χ2n) is 4.50. The molecular weight excluding hydrogens is 227 g/mol. The van der Waals surface area contributed by atoms with Crippen molar-refractivity contribution in [1.82, 2.24) is 0 Å². The largest absolute Gasteiger partial charge is 0.370 e. The molecular formula is C12H16ClFN2. The van der Waals surface area contributed by atoms with Gasteiger partial charge in [0.1, 0.15) is 6.67 Å². The number of hydrogen-bond acceptors (Lipinski definition) is 2. The maximum Gasteiger partial charge on any atom is 0.109 e. The van der Waals surface area contributed by atoms with Gasteiger partial charge in [-0.1, -0.05) is 17.7 Å². The summed E-state index contributed by atoms with van der Waals surface area (Å²) in [6, 6.07) is 7.61. The van der Waals surface area contributed by atoms with E-state index in [9.17, 15) is 4.39 Å². The second-order valence-corrected chi connectivity index (χ2v) is 4.94. The Morgan fingerprint density at radius 1 is 1.50 bits per heavy atom. The summed E-state index contributed by atoms with van der Waals surface area (Å²) in [5.41, 5.74) is 6.30. The predicted octanol–water partition coefficient (Wildman–Crippen LogP) is 2.61. The number of halogens is 2. The first-order chi connectivity index (χ1) is 7.63. The SMILES string of the molecule is NC1(CF)CCCN(c2cccc(Cl)c2)C1. The van der Waals surface area contributed by atoms with Crippen LogP contribution in [0.1, 0.15) is 12.8 Å². The topological polar surface area (TPSA) is 29.3 Å². The van der Waals surface area contributed by atoms with Crippen molar-refractivity contribution < 1.29 is 4.39 Å². The third-order valence-electron chi connectivity index (χ3n) is 3.05. The minimum absolute atomic E-state index is 0.468. The predicted molar refractivity (Wildman–Crippen MR) is 65.8 cm³/mol. The Kier molecular flexibility index (Phi) is 3.36. The second kappa shape index (κ2) is 4.60. The van der Waals surface area contributed by atoms with E-state index in [1.54, 1.807) is 0 Å². The Bertz CT molecular complexity index is 372. The molecule has 1 saturated heterocycles. The Labute approximate surface area is 100 Å². The highest BCUT2D eigenvalue weighted by Gasteiger charge is 2.31. The molecule has 88 valence electrons. The fourth-order valence-electron chi connectivity index (χ4n) is 2.16. The quantitative estimate of drug-likeness (QED) is 0.864. The molecule has 0 spiro atoms. The van der Waals surface area contributed by atoms with Crippen molar-refractivity contribution in [2.75, 3.05) is 24.7 Å². The van der Waals surface area contributed by atoms with Gasteiger partial charge < -0.3 is 10.6 Å². The van der Waals surface area contributed by atoms with E-state index >= 15 is 0 Å². The van der Waals surface area contributed by atoms with E-state index in [4.69, 9.17) is 17.3 Å². The number of nitrogens with two attached hydrogens (primary N) is 1. The molecule has 0 aromatic heterocycles. The zero-order valence-electron chi connectivity index (χ0n) is 9.13. The molecule has 1 aliphatic heterocycles. The molecule has 1 aliphatic rings. The van der Waals surface area contributed by atoms with Gasteiger partial charge in [-0.05, 0) is 31.0 Å². The van der Waals surface area contributed by atoms with E-state index in [1.807, 2.05) is 24.3 Å². The van der Waals surface area contributed by atoms with Crippen LogP contribution in [-0.4, -0.2) is 25.3 Å². The van der Waals surface area contributed by atoms with Crippen LogP contribution in [0, 0.1) is 0 Å². The van der Waals surface area contributed by atoms with E-state index < -0.39 is 12.2 Å². The Hall–Kier alpha value is -0.800. The third-order valence-corrected chi connectivity index (χ3v) is 3.28. The molecule has 1 atom stereocenters. The fourth-order valence-corrected chi connectivity index (χ4v) is 2.35. The van der Waals surface area contributed by atoms with Gasteiger partial charge in [-0.2, -0.15) is 0 Å². The standard InChI is InChI=1S/C12H16ClFN2/c13-10-3-1-4-11(7-10)16-6-2-5-12(15,8-14)9-16/h1,3-4,7H,2,5-6,8-9,15H2. The average Bonchev–Trinajstić information content (AvgIpc) is 2.29. The number of anilines is 1. The summed E-state index contributed by atoms with van der Waals surface area (Å²) in [5.74, 6) is 0. The van der Waals surface area contributed by atoms with Gasteiger partial charge in [-0.25, -0.2) is 4.39 Å². The van der Waals surface area contributed by atoms with Gasteiger partial charge in [0.25, 0.3) is 0 Å². The lowest BCUT2D eigenvalue weighted by atomic mass is 9.91. The van der Waals surface area contributed by atoms with Crippen LogP contribution in [0.15, 0.2) is 24.3 Å². The highest BCUT2D eigenvalue weighted by Crippen LogP contribution is 2.26. The van der Waals surface area contributed by atoms with Gasteiger partial charge in [-0.3, -0.25) is 0 Å². The molecule has 1 fully saturated rings. The van der Waals surface area contributed by atoms with Crippen molar-refractivity contribution in [3.05, 3.63) is 29.3 Å². The normalized spacial score (nSPS) is 25.8. The molecule has 1 unspecified atom stereocenters. The summed E-state index contributed by atoms with van der Waals surface area (Å²) in [5, 5.41) is 0.700. The van der Waals surface area contributed by atoms with Gasteiger partial charge in [0, 0.05) is 23.8 Å². The van der Waals surface area contributed by atoms with E-state index in [0.717, 1.165) is 25.1 Å². The summed E-state index contributed by atoms with van der Waals surface area (Å²) in [6.45, 7) is 1.01. The number of rotatable bonds is 2. The van der Waals surface area contributed by atoms with Crippen LogP contribution < -0.4 is 10.6 Å². The average molecular weight is 243 g/mol. The number of benzene rings is 1. The Morgan fingerprint density at radius 2 is 2.31 bits per heavy atom. The Morgan fingerprint density at radius 3 is 3.00 bits per heavy atom. The summed E-state index contributed by atoms with van der Waals surface area (Å²) in [6.07, 6.45) is 1.67. The number of alkyl halides is 1. The van der Waals surface area contributed by atoms with Crippen LogP contribution in [0.2, 0.25) is 5.02 Å². The lowest BCUT2D eigenvalue weighted by molar-refractivity contribution is 0.264. The first-order valence-corrected chi connectivity index (χ1v) is 5.86. The molecule has 2 nitrogen and oxygen atoms in total. The molecule has 0 bridgehead atoms. The fraction of sp³-hybridized carbons (Fsp3) is 0.500. The Balaban J connectivity index is 2.16. The van der Waals surface area contributed by atoms with Crippen molar-refractivity contribution in [2.45, 2.75) is 18.4 Å². The zero-order valence-corrected chi connectivity index (χ0v) is 9.88. The summed E-state index contributed by atoms with van der Waals surface area (Å²) in [7, 11) is 0. The molecule has 1 heterocycles. The lowest BCUT2D eigenvalue weighted by Gasteiger charge is -2.39. The van der Waals surface area contributed by atoms with Crippen LogP contribution in [-0.2, 0) is 0 Å². The van der Waals surface area contributed by atoms with E-state index in [2.05, 4.69) is 4.90 Å². The van der Waals surface area contributed by atoms with Crippen molar-refractivity contribution in [1.29, 1.82) is 0 Å². The number of nitrogens with zero attached hydrogens (tertiary/aromatic N) is 1. The van der Waals surface area contributed by atoms with E-state index in [-0.39, 0.29) is 0 Å². The first-order valence-electron chi connectivity index (χ1n) is 5.48. The molecule has 16 heavy (non-hydrogen) atoms. The van der Waals surface area contributed by atoms with Crippen LogP contribution in [0.25, 0.3) is 0 Å². The highest BCUT2D eigenvalue weighted by atomic mass is 35.5. The van der Waals surface area contributed by atoms with Crippen LogP contribution in [0.4, 0.5) is 10.1 Å². The number of hydrogen-bond donors (Lipinski definition) is 1.